The van der Waals surface area contributed by atoms with Crippen LogP contribution in [0.2, 0.25) is 0 Å². The number of benzene rings is 1. The third kappa shape index (κ3) is 3.51. The highest BCUT2D eigenvalue weighted by Crippen LogP contribution is 2.44. The van der Waals surface area contributed by atoms with Crippen LogP contribution in [0.15, 0.2) is 24.3 Å². The summed E-state index contributed by atoms with van der Waals surface area (Å²) in [4.78, 5) is 0. The van der Waals surface area contributed by atoms with Crippen molar-refractivity contribution >= 4 is 0 Å². The first-order chi connectivity index (χ1) is 9.69. The molecule has 4 nitrogen and oxygen atoms in total. The van der Waals surface area contributed by atoms with Gasteiger partial charge in [0.2, 0.25) is 0 Å². The number of methoxy groups -OCH3 is 1. The lowest BCUT2D eigenvalue weighted by molar-refractivity contribution is 0.113. The van der Waals surface area contributed by atoms with Gasteiger partial charge in [-0.1, -0.05) is 12.1 Å². The van der Waals surface area contributed by atoms with Gasteiger partial charge in [-0.05, 0) is 31.0 Å². The van der Waals surface area contributed by atoms with Crippen molar-refractivity contribution < 1.29 is 18.9 Å². The maximum absolute atomic E-state index is 5.76. The predicted molar refractivity (Wildman–Crippen MR) is 74.9 cm³/mol. The van der Waals surface area contributed by atoms with Gasteiger partial charge in [0.05, 0.1) is 38.1 Å². The Morgan fingerprint density at radius 2 is 2.05 bits per heavy atom. The summed E-state index contributed by atoms with van der Waals surface area (Å²) in [5.41, 5.74) is 1.20. The van der Waals surface area contributed by atoms with E-state index in [-0.39, 0.29) is 5.60 Å². The minimum Gasteiger partial charge on any atom is -0.497 e. The summed E-state index contributed by atoms with van der Waals surface area (Å²) in [6.07, 6.45) is 2.75. The first kappa shape index (κ1) is 13.9. The minimum atomic E-state index is 0.0324. The molecular formula is C16H22O4. The van der Waals surface area contributed by atoms with E-state index in [1.165, 1.54) is 0 Å². The van der Waals surface area contributed by atoms with E-state index in [0.29, 0.717) is 18.8 Å². The molecule has 0 unspecified atom stereocenters. The van der Waals surface area contributed by atoms with Crippen LogP contribution in [0, 0.1) is 0 Å². The first-order valence-corrected chi connectivity index (χ1v) is 7.20. The third-order valence-electron chi connectivity index (χ3n) is 4.02. The van der Waals surface area contributed by atoms with Crippen molar-refractivity contribution in [2.24, 2.45) is 0 Å². The zero-order valence-electron chi connectivity index (χ0n) is 12.1. The average molecular weight is 278 g/mol. The Balaban J connectivity index is 1.32. The largest absolute Gasteiger partial charge is 0.497 e. The van der Waals surface area contributed by atoms with Crippen LogP contribution in [0.4, 0.5) is 0 Å². The molecule has 0 spiro atoms. The van der Waals surface area contributed by atoms with Gasteiger partial charge in [0, 0.05) is 13.0 Å². The summed E-state index contributed by atoms with van der Waals surface area (Å²) >= 11 is 0. The van der Waals surface area contributed by atoms with E-state index in [2.05, 4.69) is 6.92 Å². The molecule has 0 aromatic heterocycles. The lowest BCUT2D eigenvalue weighted by Gasteiger charge is -2.06. The molecule has 0 N–H and O–H groups in total. The zero-order valence-corrected chi connectivity index (χ0v) is 12.1. The second-order valence-electron chi connectivity index (χ2n) is 5.77. The molecule has 2 aliphatic rings. The fourth-order valence-corrected chi connectivity index (χ4v) is 2.57. The Kier molecular flexibility index (Phi) is 3.96. The van der Waals surface area contributed by atoms with Gasteiger partial charge in [-0.3, -0.25) is 0 Å². The predicted octanol–water partition coefficient (Wildman–Crippen LogP) is 2.55. The molecular weight excluding hydrogens is 256 g/mol. The van der Waals surface area contributed by atoms with E-state index in [9.17, 15) is 0 Å². The third-order valence-corrected chi connectivity index (χ3v) is 4.02. The second-order valence-corrected chi connectivity index (χ2v) is 5.77. The van der Waals surface area contributed by atoms with Gasteiger partial charge in [0.15, 0.2) is 0 Å². The number of rotatable bonds is 8. The van der Waals surface area contributed by atoms with Gasteiger partial charge < -0.3 is 18.9 Å². The quantitative estimate of drug-likeness (QED) is 0.541. The molecule has 2 aliphatic heterocycles. The number of hydrogen-bond acceptors (Lipinski definition) is 4. The van der Waals surface area contributed by atoms with Gasteiger partial charge in [0.25, 0.3) is 0 Å². The average Bonchev–Trinajstić information content (AvgIpc) is 3.36. The highest BCUT2D eigenvalue weighted by molar-refractivity contribution is 5.26. The fraction of sp³-hybridized carbons (Fsp3) is 0.625. The fourth-order valence-electron chi connectivity index (χ4n) is 2.57. The smallest absolute Gasteiger partial charge is 0.118 e. The maximum atomic E-state index is 5.76. The van der Waals surface area contributed by atoms with Crippen LogP contribution < -0.4 is 4.74 Å². The van der Waals surface area contributed by atoms with E-state index in [1.54, 1.807) is 7.11 Å². The Labute approximate surface area is 120 Å². The van der Waals surface area contributed by atoms with Crippen LogP contribution >= 0.6 is 0 Å². The van der Waals surface area contributed by atoms with Crippen molar-refractivity contribution in [1.82, 2.24) is 0 Å². The van der Waals surface area contributed by atoms with Crippen LogP contribution in [-0.2, 0) is 20.8 Å². The monoisotopic (exact) mass is 278 g/mol. The topological polar surface area (TPSA) is 43.5 Å². The van der Waals surface area contributed by atoms with Crippen molar-refractivity contribution in [3.63, 3.8) is 0 Å². The maximum Gasteiger partial charge on any atom is 0.118 e. The Morgan fingerprint density at radius 3 is 2.70 bits per heavy atom. The van der Waals surface area contributed by atoms with E-state index in [0.717, 1.165) is 37.4 Å². The lowest BCUT2D eigenvalue weighted by atomic mass is 10.00. The van der Waals surface area contributed by atoms with Crippen molar-refractivity contribution in [1.29, 1.82) is 0 Å². The molecule has 3 rings (SSSR count). The second kappa shape index (κ2) is 5.72. The van der Waals surface area contributed by atoms with E-state index < -0.39 is 0 Å². The molecule has 20 heavy (non-hydrogen) atoms. The van der Waals surface area contributed by atoms with Crippen LogP contribution in [0.3, 0.4) is 0 Å². The van der Waals surface area contributed by atoms with Gasteiger partial charge in [-0.15, -0.1) is 0 Å². The molecule has 0 aliphatic carbocycles. The lowest BCUT2D eigenvalue weighted by Crippen LogP contribution is -2.14. The summed E-state index contributed by atoms with van der Waals surface area (Å²) in [6, 6.07) is 7.97. The molecule has 0 bridgehead atoms. The van der Waals surface area contributed by atoms with Crippen LogP contribution in [-0.4, -0.2) is 38.1 Å². The molecule has 2 heterocycles. The molecule has 4 heteroatoms. The van der Waals surface area contributed by atoms with E-state index in [4.69, 9.17) is 18.9 Å². The summed E-state index contributed by atoms with van der Waals surface area (Å²) in [7, 11) is 1.67. The van der Waals surface area contributed by atoms with Crippen molar-refractivity contribution in [2.45, 2.75) is 44.2 Å². The summed E-state index contributed by atoms with van der Waals surface area (Å²) < 4.78 is 21.8. The zero-order chi connectivity index (χ0) is 14.0. The van der Waals surface area contributed by atoms with Gasteiger partial charge >= 0.3 is 0 Å². The molecule has 0 amide bonds. The highest BCUT2D eigenvalue weighted by Gasteiger charge is 2.54. The van der Waals surface area contributed by atoms with Crippen LogP contribution in [0.25, 0.3) is 0 Å². The molecule has 0 saturated carbocycles. The Hall–Kier alpha value is -1.10. The molecule has 0 radical (unpaired) electrons. The van der Waals surface area contributed by atoms with Gasteiger partial charge in [-0.25, -0.2) is 0 Å². The van der Waals surface area contributed by atoms with E-state index >= 15 is 0 Å². The minimum absolute atomic E-state index is 0.0324. The van der Waals surface area contributed by atoms with Gasteiger partial charge in [-0.2, -0.15) is 0 Å². The SMILES string of the molecule is COc1ccc(COCC[C@@H]2O[C@]2(C)C[C@@H]2CO2)cc1. The van der Waals surface area contributed by atoms with Gasteiger partial charge in [0.1, 0.15) is 5.75 Å². The molecule has 3 atom stereocenters. The molecule has 1 aromatic rings. The summed E-state index contributed by atoms with van der Waals surface area (Å²) in [5.74, 6) is 0.873. The number of ether oxygens (including phenoxy) is 4. The normalized spacial score (nSPS) is 31.1. The van der Waals surface area contributed by atoms with Crippen molar-refractivity contribution in [2.75, 3.05) is 20.3 Å². The summed E-state index contributed by atoms with van der Waals surface area (Å²) in [6.45, 7) is 4.44. The standard InChI is InChI=1S/C16H22O4/c1-16(9-14-11-19-14)15(20-16)7-8-18-10-12-3-5-13(17-2)6-4-12/h3-6,14-15H,7-11H2,1-2H3/t14-,15+,16-/m1/s1. The molecule has 110 valence electrons. The highest BCUT2D eigenvalue weighted by atomic mass is 16.6. The Bertz CT molecular complexity index is 440. The van der Waals surface area contributed by atoms with Crippen molar-refractivity contribution in [3.8, 4) is 5.75 Å². The molecule has 1 aromatic carbocycles. The number of epoxide rings is 2. The molecule has 2 saturated heterocycles. The number of hydrogen-bond donors (Lipinski definition) is 0. The summed E-state index contributed by atoms with van der Waals surface area (Å²) in [5, 5.41) is 0. The molecule has 2 fully saturated rings. The van der Waals surface area contributed by atoms with Crippen molar-refractivity contribution in [3.05, 3.63) is 29.8 Å². The van der Waals surface area contributed by atoms with E-state index in [1.807, 2.05) is 24.3 Å². The first-order valence-electron chi connectivity index (χ1n) is 7.20. The van der Waals surface area contributed by atoms with Crippen LogP contribution in [0.1, 0.15) is 25.3 Å². The van der Waals surface area contributed by atoms with Crippen LogP contribution in [0.5, 0.6) is 5.75 Å². The Morgan fingerprint density at radius 1 is 1.30 bits per heavy atom.